The highest BCUT2D eigenvalue weighted by Gasteiger charge is 2.13. The maximum absolute atomic E-state index is 12.3. The Balaban J connectivity index is 1.78. The molecule has 3 aromatic rings. The fourth-order valence-electron chi connectivity index (χ4n) is 2.30. The third-order valence-electron chi connectivity index (χ3n) is 3.57. The van der Waals surface area contributed by atoms with Gasteiger partial charge in [-0.05, 0) is 42.8 Å². The zero-order valence-corrected chi connectivity index (χ0v) is 13.0. The summed E-state index contributed by atoms with van der Waals surface area (Å²) >= 11 is 0. The van der Waals surface area contributed by atoms with Crippen LogP contribution in [0.4, 0.5) is 5.69 Å². The molecule has 1 aromatic heterocycles. The number of furan rings is 1. The van der Waals surface area contributed by atoms with Crippen LogP contribution in [0.25, 0.3) is 11.3 Å². The van der Waals surface area contributed by atoms with E-state index in [1.165, 1.54) is 0 Å². The molecule has 0 aliphatic rings. The number of hydrogen-bond donors (Lipinski definition) is 1. The van der Waals surface area contributed by atoms with E-state index in [0.29, 0.717) is 5.76 Å². The van der Waals surface area contributed by atoms with E-state index < -0.39 is 0 Å². The molecule has 4 heteroatoms. The van der Waals surface area contributed by atoms with Gasteiger partial charge in [0.2, 0.25) is 0 Å². The second kappa shape index (κ2) is 6.40. The lowest BCUT2D eigenvalue weighted by atomic mass is 10.2. The molecule has 0 saturated heterocycles. The van der Waals surface area contributed by atoms with Gasteiger partial charge in [-0.3, -0.25) is 4.79 Å². The van der Waals surface area contributed by atoms with E-state index in [9.17, 15) is 4.79 Å². The normalized spacial score (nSPS) is 10.3. The van der Waals surface area contributed by atoms with E-state index in [-0.39, 0.29) is 11.7 Å². The molecular weight excluding hydrogens is 290 g/mol. The van der Waals surface area contributed by atoms with Crippen molar-refractivity contribution in [3.05, 3.63) is 72.0 Å². The van der Waals surface area contributed by atoms with Crippen molar-refractivity contribution in [3.8, 4) is 17.1 Å². The van der Waals surface area contributed by atoms with Gasteiger partial charge in [0.15, 0.2) is 5.76 Å². The summed E-state index contributed by atoms with van der Waals surface area (Å²) in [7, 11) is 1.61. The van der Waals surface area contributed by atoms with E-state index in [2.05, 4.69) is 5.32 Å². The Morgan fingerprint density at radius 1 is 1.04 bits per heavy atom. The fraction of sp³-hybridized carbons (Fsp3) is 0.105. The molecule has 1 N–H and O–H groups in total. The van der Waals surface area contributed by atoms with Gasteiger partial charge in [-0.1, -0.05) is 30.3 Å². The second-order valence-corrected chi connectivity index (χ2v) is 5.16. The fourth-order valence-corrected chi connectivity index (χ4v) is 2.30. The summed E-state index contributed by atoms with van der Waals surface area (Å²) in [6, 6.07) is 18.6. The molecule has 0 fully saturated rings. The lowest BCUT2D eigenvalue weighted by Crippen LogP contribution is -2.11. The molecule has 2 aromatic carbocycles. The molecule has 0 aliphatic heterocycles. The maximum atomic E-state index is 12.3. The van der Waals surface area contributed by atoms with Crippen LogP contribution < -0.4 is 10.1 Å². The Labute approximate surface area is 134 Å². The highest BCUT2D eigenvalue weighted by Crippen LogP contribution is 2.24. The lowest BCUT2D eigenvalue weighted by molar-refractivity contribution is 0.0997. The van der Waals surface area contributed by atoms with Crippen molar-refractivity contribution in [1.82, 2.24) is 0 Å². The number of methoxy groups -OCH3 is 1. The maximum Gasteiger partial charge on any atom is 0.291 e. The van der Waals surface area contributed by atoms with E-state index in [0.717, 1.165) is 22.6 Å². The Hall–Kier alpha value is -3.01. The molecule has 23 heavy (non-hydrogen) atoms. The smallest absolute Gasteiger partial charge is 0.291 e. The third kappa shape index (κ3) is 3.26. The predicted octanol–water partition coefficient (Wildman–Crippen LogP) is 4.52. The molecule has 4 nitrogen and oxygen atoms in total. The van der Waals surface area contributed by atoms with Crippen LogP contribution in [-0.2, 0) is 0 Å². The molecule has 0 spiro atoms. The first kappa shape index (κ1) is 14.9. The van der Waals surface area contributed by atoms with Crippen molar-refractivity contribution >= 4 is 11.6 Å². The van der Waals surface area contributed by atoms with Crippen molar-refractivity contribution < 1.29 is 13.9 Å². The predicted molar refractivity (Wildman–Crippen MR) is 89.8 cm³/mol. The van der Waals surface area contributed by atoms with Gasteiger partial charge in [-0.25, -0.2) is 0 Å². The van der Waals surface area contributed by atoms with Gasteiger partial charge in [0.25, 0.3) is 5.91 Å². The van der Waals surface area contributed by atoms with Crippen LogP contribution in [0.3, 0.4) is 0 Å². The van der Waals surface area contributed by atoms with Gasteiger partial charge in [0, 0.05) is 11.3 Å². The number of carbonyl (C=O) groups is 1. The quantitative estimate of drug-likeness (QED) is 0.771. The van der Waals surface area contributed by atoms with Crippen molar-refractivity contribution in [2.45, 2.75) is 6.92 Å². The van der Waals surface area contributed by atoms with Crippen molar-refractivity contribution in [3.63, 3.8) is 0 Å². The Kier molecular flexibility index (Phi) is 4.15. The van der Waals surface area contributed by atoms with Crippen LogP contribution in [0, 0.1) is 6.92 Å². The minimum atomic E-state index is -0.277. The molecule has 0 radical (unpaired) electrons. The van der Waals surface area contributed by atoms with Crippen molar-refractivity contribution in [2.75, 3.05) is 12.4 Å². The average molecular weight is 307 g/mol. The van der Waals surface area contributed by atoms with E-state index >= 15 is 0 Å². The lowest BCUT2D eigenvalue weighted by Gasteiger charge is -2.08. The molecule has 0 saturated carbocycles. The highest BCUT2D eigenvalue weighted by molar-refractivity contribution is 6.03. The minimum Gasteiger partial charge on any atom is -0.497 e. The van der Waals surface area contributed by atoms with E-state index in [1.807, 2.05) is 49.4 Å². The Bertz CT molecular complexity index is 822. The summed E-state index contributed by atoms with van der Waals surface area (Å²) in [5, 5.41) is 2.85. The standard InChI is InChI=1S/C19H17NO3/c1-13-12-15(22-2)8-9-16(13)20-19(21)18-11-10-17(23-18)14-6-4-3-5-7-14/h3-12H,1-2H3,(H,20,21). The summed E-state index contributed by atoms with van der Waals surface area (Å²) in [6.07, 6.45) is 0. The average Bonchev–Trinajstić information content (AvgIpc) is 3.07. The number of benzene rings is 2. The number of nitrogens with one attached hydrogen (secondary N) is 1. The van der Waals surface area contributed by atoms with Gasteiger partial charge in [-0.2, -0.15) is 0 Å². The summed E-state index contributed by atoms with van der Waals surface area (Å²) in [4.78, 5) is 12.3. The molecule has 0 aliphatic carbocycles. The van der Waals surface area contributed by atoms with Crippen molar-refractivity contribution in [2.24, 2.45) is 0 Å². The number of rotatable bonds is 4. The van der Waals surface area contributed by atoms with Crippen LogP contribution in [0.15, 0.2) is 65.1 Å². The van der Waals surface area contributed by atoms with Crippen LogP contribution in [0.5, 0.6) is 5.75 Å². The SMILES string of the molecule is COc1ccc(NC(=O)c2ccc(-c3ccccc3)o2)c(C)c1. The Morgan fingerprint density at radius 3 is 2.52 bits per heavy atom. The molecule has 116 valence electrons. The number of anilines is 1. The topological polar surface area (TPSA) is 51.5 Å². The monoisotopic (exact) mass is 307 g/mol. The molecule has 1 heterocycles. The number of carbonyl (C=O) groups excluding carboxylic acids is 1. The van der Waals surface area contributed by atoms with Crippen molar-refractivity contribution in [1.29, 1.82) is 0 Å². The second-order valence-electron chi connectivity index (χ2n) is 5.16. The zero-order valence-electron chi connectivity index (χ0n) is 13.0. The highest BCUT2D eigenvalue weighted by atomic mass is 16.5. The van der Waals surface area contributed by atoms with Gasteiger partial charge in [-0.15, -0.1) is 0 Å². The van der Waals surface area contributed by atoms with Crippen LogP contribution >= 0.6 is 0 Å². The first-order valence-corrected chi connectivity index (χ1v) is 7.28. The molecule has 0 bridgehead atoms. The zero-order chi connectivity index (χ0) is 16.2. The third-order valence-corrected chi connectivity index (χ3v) is 3.57. The number of aryl methyl sites for hydroxylation is 1. The largest absolute Gasteiger partial charge is 0.497 e. The number of amides is 1. The Morgan fingerprint density at radius 2 is 1.83 bits per heavy atom. The summed E-state index contributed by atoms with van der Waals surface area (Å²) in [6.45, 7) is 1.91. The summed E-state index contributed by atoms with van der Waals surface area (Å²) in [5.41, 5.74) is 2.59. The van der Waals surface area contributed by atoms with Gasteiger partial charge in [0.1, 0.15) is 11.5 Å². The molecule has 1 amide bonds. The molecule has 3 rings (SSSR count). The first-order valence-electron chi connectivity index (χ1n) is 7.28. The number of hydrogen-bond acceptors (Lipinski definition) is 3. The van der Waals surface area contributed by atoms with Crippen LogP contribution in [-0.4, -0.2) is 13.0 Å². The van der Waals surface area contributed by atoms with Gasteiger partial charge < -0.3 is 14.5 Å². The van der Waals surface area contributed by atoms with E-state index in [4.69, 9.17) is 9.15 Å². The van der Waals surface area contributed by atoms with Gasteiger partial charge >= 0.3 is 0 Å². The first-order chi connectivity index (χ1) is 11.2. The summed E-state index contributed by atoms with van der Waals surface area (Å²) < 4.78 is 10.8. The molecule has 0 atom stereocenters. The summed E-state index contributed by atoms with van der Waals surface area (Å²) in [5.74, 6) is 1.42. The number of ether oxygens (including phenoxy) is 1. The van der Waals surface area contributed by atoms with E-state index in [1.54, 1.807) is 25.3 Å². The molecular formula is C19H17NO3. The molecule has 0 unspecified atom stereocenters. The van der Waals surface area contributed by atoms with Crippen LogP contribution in [0.1, 0.15) is 16.1 Å². The van der Waals surface area contributed by atoms with Gasteiger partial charge in [0.05, 0.1) is 7.11 Å². The van der Waals surface area contributed by atoms with Crippen LogP contribution in [0.2, 0.25) is 0 Å². The minimum absolute atomic E-state index is 0.277.